The fraction of sp³-hybridized carbons (Fsp3) is 0.200. The van der Waals surface area contributed by atoms with Crippen molar-refractivity contribution in [1.29, 1.82) is 0 Å². The molecule has 1 rings (SSSR count). The van der Waals surface area contributed by atoms with Crippen LogP contribution < -0.4 is 11.1 Å². The maximum atomic E-state index is 10.4. The van der Waals surface area contributed by atoms with Crippen LogP contribution in [0.4, 0.5) is 5.13 Å². The molecule has 1 aromatic rings. The van der Waals surface area contributed by atoms with Gasteiger partial charge in [0.05, 0.1) is 6.42 Å². The van der Waals surface area contributed by atoms with Gasteiger partial charge in [-0.3, -0.25) is 9.59 Å². The first-order valence-electron chi connectivity index (χ1n) is 3.03. The Balaban J connectivity index is 2.63. The number of carbonyl (C=O) groups is 2. The molecule has 0 radical (unpaired) electrons. The number of hydrogen-bond acceptors (Lipinski definition) is 5. The maximum absolute atomic E-state index is 10.4. The fourth-order valence-corrected chi connectivity index (χ4v) is 1.13. The Labute approximate surface area is 72.0 Å². The third-order valence-corrected chi connectivity index (χ3v) is 1.67. The lowest BCUT2D eigenvalue weighted by Gasteiger charge is -1.86. The van der Waals surface area contributed by atoms with Gasteiger partial charge in [0.2, 0.25) is 17.4 Å². The van der Waals surface area contributed by atoms with Crippen LogP contribution in [0.25, 0.3) is 0 Å². The van der Waals surface area contributed by atoms with Crippen molar-refractivity contribution in [2.24, 2.45) is 5.73 Å². The topological polar surface area (TPSA) is 98.0 Å². The Bertz CT molecular complexity index is 297. The Morgan fingerprint density at radius 2 is 2.50 bits per heavy atom. The largest absolute Gasteiger partial charge is 0.369 e. The minimum absolute atomic E-state index is 0.00294. The van der Waals surface area contributed by atoms with E-state index in [0.29, 0.717) is 17.4 Å². The molecule has 1 heterocycles. The molecule has 0 spiro atoms. The first kappa shape index (κ1) is 8.60. The van der Waals surface area contributed by atoms with Crippen molar-refractivity contribution < 1.29 is 9.59 Å². The Morgan fingerprint density at radius 3 is 3.08 bits per heavy atom. The zero-order valence-electron chi connectivity index (χ0n) is 5.98. The standard InChI is InChI=1S/C5H6N4O2S/c6-3(11)1-4-8-5(7-2-10)12-9-4/h2H,1H2,(H2,6,11)(H,7,8,9,10). The fourth-order valence-electron chi connectivity index (χ4n) is 0.591. The van der Waals surface area contributed by atoms with Crippen molar-refractivity contribution in [3.8, 4) is 0 Å². The van der Waals surface area contributed by atoms with Crippen molar-refractivity contribution >= 4 is 29.0 Å². The average Bonchev–Trinajstić information content (AvgIpc) is 2.36. The van der Waals surface area contributed by atoms with E-state index in [1.54, 1.807) is 0 Å². The summed E-state index contributed by atoms with van der Waals surface area (Å²) in [4.78, 5) is 24.1. The summed E-state index contributed by atoms with van der Waals surface area (Å²) in [6.45, 7) is 0. The van der Waals surface area contributed by atoms with Gasteiger partial charge in [0.1, 0.15) is 0 Å². The van der Waals surface area contributed by atoms with Gasteiger partial charge in [0.25, 0.3) is 0 Å². The van der Waals surface area contributed by atoms with Gasteiger partial charge in [-0.2, -0.15) is 4.37 Å². The minimum atomic E-state index is -0.495. The molecule has 0 unspecified atom stereocenters. The summed E-state index contributed by atoms with van der Waals surface area (Å²) >= 11 is 1.00. The summed E-state index contributed by atoms with van der Waals surface area (Å²) in [5.74, 6) is -0.165. The van der Waals surface area contributed by atoms with E-state index < -0.39 is 5.91 Å². The van der Waals surface area contributed by atoms with E-state index in [4.69, 9.17) is 5.73 Å². The summed E-state index contributed by atoms with van der Waals surface area (Å²) < 4.78 is 3.78. The smallest absolute Gasteiger partial charge is 0.225 e. The van der Waals surface area contributed by atoms with Crippen molar-refractivity contribution in [3.63, 3.8) is 0 Å². The predicted molar refractivity (Wildman–Crippen MR) is 42.5 cm³/mol. The molecule has 0 atom stereocenters. The molecular weight excluding hydrogens is 180 g/mol. The molecule has 1 aromatic heterocycles. The number of hydrogen-bond donors (Lipinski definition) is 2. The molecule has 0 saturated carbocycles. The van der Waals surface area contributed by atoms with E-state index in [1.165, 1.54) is 0 Å². The second kappa shape index (κ2) is 3.77. The first-order valence-corrected chi connectivity index (χ1v) is 3.81. The molecule has 0 aliphatic carbocycles. The molecule has 12 heavy (non-hydrogen) atoms. The van der Waals surface area contributed by atoms with Crippen LogP contribution in [0, 0.1) is 0 Å². The van der Waals surface area contributed by atoms with Gasteiger partial charge in [-0.05, 0) is 0 Å². The van der Waals surface area contributed by atoms with Crippen LogP contribution in [0.2, 0.25) is 0 Å². The van der Waals surface area contributed by atoms with Crippen LogP contribution in [0.15, 0.2) is 0 Å². The van der Waals surface area contributed by atoms with E-state index in [-0.39, 0.29) is 6.42 Å². The molecule has 6 nitrogen and oxygen atoms in total. The summed E-state index contributed by atoms with van der Waals surface area (Å²) in [7, 11) is 0. The van der Waals surface area contributed by atoms with E-state index in [0.717, 1.165) is 11.5 Å². The molecule has 0 fully saturated rings. The Morgan fingerprint density at radius 1 is 1.75 bits per heavy atom. The average molecular weight is 186 g/mol. The molecule has 0 saturated heterocycles. The Hall–Kier alpha value is -1.50. The number of amides is 2. The van der Waals surface area contributed by atoms with Crippen LogP contribution in [0.3, 0.4) is 0 Å². The highest BCUT2D eigenvalue weighted by atomic mass is 32.1. The summed E-state index contributed by atoms with van der Waals surface area (Å²) in [6, 6.07) is 0. The van der Waals surface area contributed by atoms with Gasteiger partial charge in [-0.1, -0.05) is 0 Å². The monoisotopic (exact) mass is 186 g/mol. The number of nitrogens with one attached hydrogen (secondary N) is 1. The van der Waals surface area contributed by atoms with E-state index in [9.17, 15) is 9.59 Å². The number of nitrogens with two attached hydrogens (primary N) is 1. The lowest BCUT2D eigenvalue weighted by atomic mass is 10.4. The van der Waals surface area contributed by atoms with E-state index in [2.05, 4.69) is 14.7 Å². The van der Waals surface area contributed by atoms with Gasteiger partial charge in [-0.15, -0.1) is 0 Å². The number of aromatic nitrogens is 2. The van der Waals surface area contributed by atoms with Crippen molar-refractivity contribution in [2.45, 2.75) is 6.42 Å². The first-order chi connectivity index (χ1) is 5.72. The second-order valence-corrected chi connectivity index (χ2v) is 2.67. The number of anilines is 1. The molecule has 3 N–H and O–H groups in total. The quantitative estimate of drug-likeness (QED) is 0.597. The molecule has 0 aromatic carbocycles. The predicted octanol–water partition coefficient (Wildman–Crippen LogP) is -0.866. The van der Waals surface area contributed by atoms with Crippen LogP contribution in [-0.4, -0.2) is 21.7 Å². The number of primary amides is 1. The molecule has 0 aliphatic heterocycles. The van der Waals surface area contributed by atoms with Crippen molar-refractivity contribution in [2.75, 3.05) is 5.32 Å². The van der Waals surface area contributed by atoms with Gasteiger partial charge < -0.3 is 11.1 Å². The summed E-state index contributed by atoms with van der Waals surface area (Å²) in [5.41, 5.74) is 4.90. The van der Waals surface area contributed by atoms with Gasteiger partial charge >= 0.3 is 0 Å². The number of rotatable bonds is 4. The van der Waals surface area contributed by atoms with Gasteiger partial charge in [0, 0.05) is 11.5 Å². The highest BCUT2D eigenvalue weighted by Gasteiger charge is 2.05. The summed E-state index contributed by atoms with van der Waals surface area (Å²) in [6.07, 6.45) is 0.492. The minimum Gasteiger partial charge on any atom is -0.369 e. The highest BCUT2D eigenvalue weighted by molar-refractivity contribution is 7.09. The molecule has 7 heteroatoms. The molecule has 64 valence electrons. The van der Waals surface area contributed by atoms with Crippen LogP contribution in [0.1, 0.15) is 5.82 Å². The third-order valence-electron chi connectivity index (χ3n) is 0.983. The van der Waals surface area contributed by atoms with Crippen LogP contribution in [0.5, 0.6) is 0 Å². The maximum Gasteiger partial charge on any atom is 0.225 e. The number of nitrogens with zero attached hydrogens (tertiary/aromatic N) is 2. The molecule has 2 amide bonds. The van der Waals surface area contributed by atoms with E-state index >= 15 is 0 Å². The lowest BCUT2D eigenvalue weighted by Crippen LogP contribution is -2.14. The SMILES string of the molecule is NC(=O)Cc1nsc(NC=O)n1. The molecule has 0 aliphatic rings. The third kappa shape index (κ3) is 2.27. The highest BCUT2D eigenvalue weighted by Crippen LogP contribution is 2.09. The van der Waals surface area contributed by atoms with Crippen molar-refractivity contribution in [3.05, 3.63) is 5.82 Å². The zero-order valence-corrected chi connectivity index (χ0v) is 6.80. The van der Waals surface area contributed by atoms with Gasteiger partial charge in [0.15, 0.2) is 5.82 Å². The second-order valence-electron chi connectivity index (χ2n) is 1.92. The van der Waals surface area contributed by atoms with Gasteiger partial charge in [-0.25, -0.2) is 4.98 Å². The van der Waals surface area contributed by atoms with Crippen LogP contribution >= 0.6 is 11.5 Å². The van der Waals surface area contributed by atoms with Crippen LogP contribution in [-0.2, 0) is 16.0 Å². The normalized spacial score (nSPS) is 9.33. The summed E-state index contributed by atoms with van der Waals surface area (Å²) in [5, 5.41) is 2.68. The lowest BCUT2D eigenvalue weighted by molar-refractivity contribution is -0.117. The molecule has 0 bridgehead atoms. The Kier molecular flexibility index (Phi) is 2.70. The molecular formula is C5H6N4O2S. The zero-order chi connectivity index (χ0) is 8.97. The van der Waals surface area contributed by atoms with Crippen molar-refractivity contribution in [1.82, 2.24) is 9.36 Å². The van der Waals surface area contributed by atoms with E-state index in [1.807, 2.05) is 0 Å². The number of carbonyl (C=O) groups excluding carboxylic acids is 2.